The SMILES string of the molecule is CCCc1ccc(O)c(C(C)C)c1Oc1ccccc1. The van der Waals surface area contributed by atoms with Crippen molar-refractivity contribution in [3.63, 3.8) is 0 Å². The Kier molecular flexibility index (Phi) is 4.67. The molecule has 2 heteroatoms. The van der Waals surface area contributed by atoms with Crippen LogP contribution in [0.3, 0.4) is 0 Å². The zero-order valence-corrected chi connectivity index (χ0v) is 12.4. The van der Waals surface area contributed by atoms with E-state index >= 15 is 0 Å². The Morgan fingerprint density at radius 3 is 2.35 bits per heavy atom. The fraction of sp³-hybridized carbons (Fsp3) is 0.333. The van der Waals surface area contributed by atoms with Gasteiger partial charge in [0.2, 0.25) is 0 Å². The number of hydrogen-bond donors (Lipinski definition) is 1. The molecule has 2 nitrogen and oxygen atoms in total. The Morgan fingerprint density at radius 2 is 1.75 bits per heavy atom. The van der Waals surface area contributed by atoms with E-state index in [1.165, 1.54) is 0 Å². The summed E-state index contributed by atoms with van der Waals surface area (Å²) < 4.78 is 6.08. The van der Waals surface area contributed by atoms with Gasteiger partial charge in [0.05, 0.1) is 0 Å². The molecule has 106 valence electrons. The van der Waals surface area contributed by atoms with Gasteiger partial charge in [-0.2, -0.15) is 0 Å². The summed E-state index contributed by atoms with van der Waals surface area (Å²) >= 11 is 0. The van der Waals surface area contributed by atoms with Gasteiger partial charge in [-0.1, -0.05) is 51.5 Å². The van der Waals surface area contributed by atoms with Gasteiger partial charge in [0.15, 0.2) is 0 Å². The molecular weight excluding hydrogens is 248 g/mol. The fourth-order valence-electron chi connectivity index (χ4n) is 2.39. The third kappa shape index (κ3) is 3.13. The highest BCUT2D eigenvalue weighted by Crippen LogP contribution is 2.40. The van der Waals surface area contributed by atoms with Gasteiger partial charge in [-0.25, -0.2) is 0 Å². The van der Waals surface area contributed by atoms with Crippen molar-refractivity contribution in [3.8, 4) is 17.2 Å². The van der Waals surface area contributed by atoms with E-state index < -0.39 is 0 Å². The summed E-state index contributed by atoms with van der Waals surface area (Å²) in [6.07, 6.45) is 2.00. The van der Waals surface area contributed by atoms with Gasteiger partial charge in [-0.3, -0.25) is 0 Å². The molecule has 0 aromatic heterocycles. The molecule has 0 unspecified atom stereocenters. The number of hydrogen-bond acceptors (Lipinski definition) is 2. The highest BCUT2D eigenvalue weighted by atomic mass is 16.5. The smallest absolute Gasteiger partial charge is 0.137 e. The highest BCUT2D eigenvalue weighted by Gasteiger charge is 2.17. The van der Waals surface area contributed by atoms with Crippen molar-refractivity contribution in [1.82, 2.24) is 0 Å². The summed E-state index contributed by atoms with van der Waals surface area (Å²) in [6.45, 7) is 6.29. The Bertz CT molecular complexity index is 559. The predicted molar refractivity (Wildman–Crippen MR) is 82.7 cm³/mol. The molecule has 0 radical (unpaired) electrons. The molecule has 0 heterocycles. The van der Waals surface area contributed by atoms with Gasteiger partial charge in [-0.05, 0) is 36.1 Å². The molecule has 0 saturated carbocycles. The zero-order chi connectivity index (χ0) is 14.5. The lowest BCUT2D eigenvalue weighted by molar-refractivity contribution is 0.434. The monoisotopic (exact) mass is 270 g/mol. The fourth-order valence-corrected chi connectivity index (χ4v) is 2.39. The summed E-state index contributed by atoms with van der Waals surface area (Å²) in [5.41, 5.74) is 2.04. The number of phenolic OH excluding ortho intramolecular Hbond substituents is 1. The summed E-state index contributed by atoms with van der Waals surface area (Å²) in [5.74, 6) is 2.14. The average Bonchev–Trinajstić information content (AvgIpc) is 2.43. The molecule has 20 heavy (non-hydrogen) atoms. The van der Waals surface area contributed by atoms with Crippen molar-refractivity contribution in [2.75, 3.05) is 0 Å². The van der Waals surface area contributed by atoms with E-state index in [9.17, 15) is 5.11 Å². The quantitative estimate of drug-likeness (QED) is 0.803. The summed E-state index contributed by atoms with van der Waals surface area (Å²) in [4.78, 5) is 0. The maximum Gasteiger partial charge on any atom is 0.137 e. The molecule has 1 N–H and O–H groups in total. The van der Waals surface area contributed by atoms with Crippen molar-refractivity contribution >= 4 is 0 Å². The van der Waals surface area contributed by atoms with E-state index in [1.807, 2.05) is 36.4 Å². The molecule has 0 aliphatic heterocycles. The lowest BCUT2D eigenvalue weighted by Gasteiger charge is -2.19. The van der Waals surface area contributed by atoms with Crippen molar-refractivity contribution in [2.45, 2.75) is 39.5 Å². The number of aryl methyl sites for hydroxylation is 1. The third-order valence-corrected chi connectivity index (χ3v) is 3.31. The first kappa shape index (κ1) is 14.4. The Balaban J connectivity index is 2.49. The van der Waals surface area contributed by atoms with Crippen molar-refractivity contribution in [3.05, 3.63) is 53.6 Å². The van der Waals surface area contributed by atoms with Gasteiger partial charge in [-0.15, -0.1) is 0 Å². The maximum absolute atomic E-state index is 10.2. The Labute approximate surface area is 121 Å². The molecule has 0 atom stereocenters. The van der Waals surface area contributed by atoms with E-state index in [0.29, 0.717) is 5.75 Å². The minimum Gasteiger partial charge on any atom is -0.508 e. The second-order valence-corrected chi connectivity index (χ2v) is 5.31. The second kappa shape index (κ2) is 6.47. The van der Waals surface area contributed by atoms with Crippen LogP contribution in [0, 0.1) is 0 Å². The third-order valence-electron chi connectivity index (χ3n) is 3.31. The van der Waals surface area contributed by atoms with Gasteiger partial charge >= 0.3 is 0 Å². The lowest BCUT2D eigenvalue weighted by atomic mass is 9.96. The predicted octanol–water partition coefficient (Wildman–Crippen LogP) is 5.26. The van der Waals surface area contributed by atoms with Crippen LogP contribution in [-0.2, 0) is 6.42 Å². The maximum atomic E-state index is 10.2. The number of aromatic hydroxyl groups is 1. The van der Waals surface area contributed by atoms with E-state index in [0.717, 1.165) is 35.5 Å². The molecule has 0 amide bonds. The molecule has 2 aromatic carbocycles. The molecule has 2 aromatic rings. The van der Waals surface area contributed by atoms with Crippen LogP contribution < -0.4 is 4.74 Å². The topological polar surface area (TPSA) is 29.5 Å². The Morgan fingerprint density at radius 1 is 1.05 bits per heavy atom. The standard InChI is InChI=1S/C18H22O2/c1-4-8-14-11-12-16(19)17(13(2)3)18(14)20-15-9-6-5-7-10-15/h5-7,9-13,19H,4,8H2,1-3H3. The van der Waals surface area contributed by atoms with Crippen LogP contribution >= 0.6 is 0 Å². The van der Waals surface area contributed by atoms with Crippen LogP contribution in [0.1, 0.15) is 44.2 Å². The first-order chi connectivity index (χ1) is 9.63. The van der Waals surface area contributed by atoms with Crippen molar-refractivity contribution < 1.29 is 9.84 Å². The van der Waals surface area contributed by atoms with Crippen LogP contribution in [0.15, 0.2) is 42.5 Å². The lowest BCUT2D eigenvalue weighted by Crippen LogP contribution is -1.99. The van der Waals surface area contributed by atoms with Crippen molar-refractivity contribution in [1.29, 1.82) is 0 Å². The highest BCUT2D eigenvalue weighted by molar-refractivity contribution is 5.52. The van der Waals surface area contributed by atoms with Gasteiger partial charge in [0, 0.05) is 5.56 Å². The molecule has 0 bridgehead atoms. The minimum atomic E-state index is 0.213. The van der Waals surface area contributed by atoms with Gasteiger partial charge in [0.1, 0.15) is 17.2 Å². The largest absolute Gasteiger partial charge is 0.508 e. The molecule has 2 rings (SSSR count). The number of para-hydroxylation sites is 1. The normalized spacial score (nSPS) is 10.8. The summed E-state index contributed by atoms with van der Waals surface area (Å²) in [6, 6.07) is 13.5. The van der Waals surface area contributed by atoms with Gasteiger partial charge in [0.25, 0.3) is 0 Å². The van der Waals surface area contributed by atoms with Crippen LogP contribution in [0.4, 0.5) is 0 Å². The molecule has 0 saturated heterocycles. The molecule has 0 spiro atoms. The first-order valence-electron chi connectivity index (χ1n) is 7.21. The summed E-state index contributed by atoms with van der Waals surface area (Å²) in [7, 11) is 0. The van der Waals surface area contributed by atoms with E-state index in [1.54, 1.807) is 6.07 Å². The molecule has 0 aliphatic rings. The summed E-state index contributed by atoms with van der Waals surface area (Å²) in [5, 5.41) is 10.2. The molecule has 0 aliphatic carbocycles. The molecule has 0 fully saturated rings. The van der Waals surface area contributed by atoms with Gasteiger partial charge < -0.3 is 9.84 Å². The van der Waals surface area contributed by atoms with Crippen LogP contribution in [-0.4, -0.2) is 5.11 Å². The number of benzene rings is 2. The van der Waals surface area contributed by atoms with E-state index in [4.69, 9.17) is 4.74 Å². The molecular formula is C18H22O2. The zero-order valence-electron chi connectivity index (χ0n) is 12.4. The average molecular weight is 270 g/mol. The van der Waals surface area contributed by atoms with E-state index in [-0.39, 0.29) is 5.92 Å². The van der Waals surface area contributed by atoms with Crippen LogP contribution in [0.25, 0.3) is 0 Å². The van der Waals surface area contributed by atoms with E-state index in [2.05, 4.69) is 20.8 Å². The first-order valence-corrected chi connectivity index (χ1v) is 7.21. The Hall–Kier alpha value is -1.96. The number of phenols is 1. The van der Waals surface area contributed by atoms with Crippen LogP contribution in [0.2, 0.25) is 0 Å². The minimum absolute atomic E-state index is 0.213. The number of rotatable bonds is 5. The second-order valence-electron chi connectivity index (χ2n) is 5.31. The number of ether oxygens (including phenoxy) is 1. The van der Waals surface area contributed by atoms with Crippen molar-refractivity contribution in [2.24, 2.45) is 0 Å². The van der Waals surface area contributed by atoms with Crippen LogP contribution in [0.5, 0.6) is 17.2 Å².